The Balaban J connectivity index is 3.37. The van der Waals surface area contributed by atoms with Crippen LogP contribution in [0.25, 0.3) is 0 Å². The van der Waals surface area contributed by atoms with Crippen LogP contribution in [0, 0.1) is 0 Å². The van der Waals surface area contributed by atoms with Crippen molar-refractivity contribution in [1.29, 1.82) is 0 Å². The lowest BCUT2D eigenvalue weighted by Gasteiger charge is -2.21. The van der Waals surface area contributed by atoms with E-state index in [0.717, 1.165) is 0 Å². The van der Waals surface area contributed by atoms with Crippen LogP contribution in [0.2, 0.25) is 0 Å². The quantitative estimate of drug-likeness (QED) is 0.810. The van der Waals surface area contributed by atoms with Crippen molar-refractivity contribution in [2.45, 2.75) is 32.9 Å². The van der Waals surface area contributed by atoms with Crippen LogP contribution in [0.15, 0.2) is 12.1 Å². The third kappa shape index (κ3) is 3.22. The molecule has 1 aromatic rings. The summed E-state index contributed by atoms with van der Waals surface area (Å²) in [7, 11) is 2.98. The molecule has 0 aromatic heterocycles. The first-order valence-electron chi connectivity index (χ1n) is 5.73. The number of hydrogen-bond acceptors (Lipinski definition) is 3. The summed E-state index contributed by atoms with van der Waals surface area (Å²) in [6, 6.07) is 3.26. The Bertz CT molecular complexity index is 447. The molecule has 0 atom stereocenters. The summed E-state index contributed by atoms with van der Waals surface area (Å²) in [4.78, 5) is 11.2. The first-order chi connectivity index (χ1) is 8.29. The fourth-order valence-electron chi connectivity index (χ4n) is 1.83. The predicted molar refractivity (Wildman–Crippen MR) is 68.1 cm³/mol. The predicted octanol–water partition coefficient (Wildman–Crippen LogP) is 3.04. The van der Waals surface area contributed by atoms with Crippen molar-refractivity contribution in [2.24, 2.45) is 0 Å². The van der Waals surface area contributed by atoms with E-state index in [1.54, 1.807) is 12.1 Å². The SMILES string of the molecule is COc1cc(C(C)(C)F)c(OC)cc1CC(C)=O. The molecule has 1 aromatic carbocycles. The lowest BCUT2D eigenvalue weighted by Crippen LogP contribution is -2.12. The van der Waals surface area contributed by atoms with Gasteiger partial charge in [0.05, 0.1) is 14.2 Å². The second-order valence-electron chi connectivity index (χ2n) is 4.72. The number of ether oxygens (including phenoxy) is 2. The monoisotopic (exact) mass is 254 g/mol. The van der Waals surface area contributed by atoms with Gasteiger partial charge in [0.15, 0.2) is 0 Å². The molecule has 0 saturated heterocycles. The molecule has 3 nitrogen and oxygen atoms in total. The van der Waals surface area contributed by atoms with E-state index in [2.05, 4.69) is 0 Å². The molecule has 100 valence electrons. The topological polar surface area (TPSA) is 35.5 Å². The van der Waals surface area contributed by atoms with E-state index in [1.165, 1.54) is 35.0 Å². The molecule has 0 N–H and O–H groups in total. The minimum Gasteiger partial charge on any atom is -0.496 e. The van der Waals surface area contributed by atoms with Crippen LogP contribution in [0.4, 0.5) is 4.39 Å². The number of halogens is 1. The van der Waals surface area contributed by atoms with Crippen molar-refractivity contribution >= 4 is 5.78 Å². The Labute approximate surface area is 107 Å². The van der Waals surface area contributed by atoms with E-state index in [1.807, 2.05) is 0 Å². The summed E-state index contributed by atoms with van der Waals surface area (Å²) in [5.74, 6) is 0.953. The highest BCUT2D eigenvalue weighted by Crippen LogP contribution is 2.37. The summed E-state index contributed by atoms with van der Waals surface area (Å²) >= 11 is 0. The molecular formula is C14H19FO3. The number of carbonyl (C=O) groups is 1. The first-order valence-corrected chi connectivity index (χ1v) is 5.73. The maximum absolute atomic E-state index is 14.1. The third-order valence-corrected chi connectivity index (χ3v) is 2.68. The van der Waals surface area contributed by atoms with Crippen molar-refractivity contribution in [3.8, 4) is 11.5 Å². The van der Waals surface area contributed by atoms with Crippen LogP contribution in [-0.2, 0) is 16.9 Å². The molecule has 0 unspecified atom stereocenters. The number of benzene rings is 1. The molecule has 0 bridgehead atoms. The van der Waals surface area contributed by atoms with Gasteiger partial charge in [0.25, 0.3) is 0 Å². The number of alkyl halides is 1. The summed E-state index contributed by atoms with van der Waals surface area (Å²) in [6.07, 6.45) is 0.243. The molecule has 0 aliphatic heterocycles. The number of carbonyl (C=O) groups excluding carboxylic acids is 1. The second kappa shape index (κ2) is 5.38. The zero-order chi connectivity index (χ0) is 13.9. The molecule has 1 rings (SSSR count). The molecular weight excluding hydrogens is 235 g/mol. The normalized spacial score (nSPS) is 11.2. The summed E-state index contributed by atoms with van der Waals surface area (Å²) in [5, 5.41) is 0. The van der Waals surface area contributed by atoms with E-state index in [4.69, 9.17) is 9.47 Å². The van der Waals surface area contributed by atoms with Gasteiger partial charge in [0, 0.05) is 17.5 Å². The fraction of sp³-hybridized carbons (Fsp3) is 0.500. The minimum absolute atomic E-state index is 0.0163. The van der Waals surface area contributed by atoms with Crippen LogP contribution < -0.4 is 9.47 Å². The van der Waals surface area contributed by atoms with E-state index >= 15 is 0 Å². The van der Waals surface area contributed by atoms with Gasteiger partial charge in [-0.3, -0.25) is 4.79 Å². The lowest BCUT2D eigenvalue weighted by molar-refractivity contribution is -0.116. The van der Waals surface area contributed by atoms with Crippen LogP contribution in [0.5, 0.6) is 11.5 Å². The maximum Gasteiger partial charge on any atom is 0.134 e. The highest BCUT2D eigenvalue weighted by Gasteiger charge is 2.25. The first kappa shape index (κ1) is 14.5. The Morgan fingerprint density at radius 2 is 1.78 bits per heavy atom. The fourth-order valence-corrected chi connectivity index (χ4v) is 1.83. The van der Waals surface area contributed by atoms with Gasteiger partial charge in [-0.05, 0) is 32.9 Å². The minimum atomic E-state index is -1.53. The Morgan fingerprint density at radius 1 is 1.22 bits per heavy atom. The molecule has 0 fully saturated rings. The van der Waals surface area contributed by atoms with Crippen molar-refractivity contribution in [3.63, 3.8) is 0 Å². The molecule has 0 spiro atoms. The smallest absolute Gasteiger partial charge is 0.134 e. The molecule has 0 heterocycles. The lowest BCUT2D eigenvalue weighted by atomic mass is 9.95. The molecule has 0 saturated carbocycles. The highest BCUT2D eigenvalue weighted by molar-refractivity contribution is 5.79. The standard InChI is InChI=1S/C14H19FO3/c1-9(16)6-10-7-13(18-5)11(14(2,3)15)8-12(10)17-4/h7-8H,6H2,1-5H3. The number of methoxy groups -OCH3 is 2. The van der Waals surface area contributed by atoms with Crippen molar-refractivity contribution in [3.05, 3.63) is 23.3 Å². The number of rotatable bonds is 5. The Morgan fingerprint density at radius 3 is 2.17 bits per heavy atom. The van der Waals surface area contributed by atoms with Gasteiger partial charge in [-0.2, -0.15) is 0 Å². The zero-order valence-corrected chi connectivity index (χ0v) is 11.5. The molecule has 4 heteroatoms. The molecule has 0 aliphatic carbocycles. The maximum atomic E-state index is 14.1. The average Bonchev–Trinajstić information content (AvgIpc) is 2.26. The van der Waals surface area contributed by atoms with E-state index in [0.29, 0.717) is 22.6 Å². The van der Waals surface area contributed by atoms with Crippen molar-refractivity contribution < 1.29 is 18.7 Å². The van der Waals surface area contributed by atoms with Gasteiger partial charge >= 0.3 is 0 Å². The highest BCUT2D eigenvalue weighted by atomic mass is 19.1. The van der Waals surface area contributed by atoms with Crippen LogP contribution >= 0.6 is 0 Å². The molecule has 0 radical (unpaired) electrons. The van der Waals surface area contributed by atoms with Crippen molar-refractivity contribution in [1.82, 2.24) is 0 Å². The summed E-state index contributed by atoms with van der Waals surface area (Å²) < 4.78 is 24.5. The van der Waals surface area contributed by atoms with Crippen LogP contribution in [0.3, 0.4) is 0 Å². The number of ketones is 1. The number of hydrogen-bond donors (Lipinski definition) is 0. The molecule has 0 amide bonds. The zero-order valence-electron chi connectivity index (χ0n) is 11.5. The van der Waals surface area contributed by atoms with Crippen LogP contribution in [-0.4, -0.2) is 20.0 Å². The number of Topliss-reactive ketones (excluding diaryl/α,β-unsaturated/α-hetero) is 1. The van der Waals surface area contributed by atoms with E-state index < -0.39 is 5.67 Å². The Kier molecular flexibility index (Phi) is 4.33. The average molecular weight is 254 g/mol. The van der Waals surface area contributed by atoms with E-state index in [9.17, 15) is 9.18 Å². The van der Waals surface area contributed by atoms with Gasteiger partial charge in [-0.25, -0.2) is 4.39 Å². The van der Waals surface area contributed by atoms with Crippen molar-refractivity contribution in [2.75, 3.05) is 14.2 Å². The van der Waals surface area contributed by atoms with E-state index in [-0.39, 0.29) is 12.2 Å². The van der Waals surface area contributed by atoms with Gasteiger partial charge in [-0.1, -0.05) is 0 Å². The van der Waals surface area contributed by atoms with Gasteiger partial charge in [0.1, 0.15) is 23.0 Å². The summed E-state index contributed by atoms with van der Waals surface area (Å²) in [5.41, 5.74) is -0.420. The third-order valence-electron chi connectivity index (χ3n) is 2.68. The van der Waals surface area contributed by atoms with Gasteiger partial charge in [0.2, 0.25) is 0 Å². The second-order valence-corrected chi connectivity index (χ2v) is 4.72. The van der Waals surface area contributed by atoms with Gasteiger partial charge < -0.3 is 9.47 Å². The molecule has 18 heavy (non-hydrogen) atoms. The largest absolute Gasteiger partial charge is 0.496 e. The molecule has 0 aliphatic rings. The summed E-state index contributed by atoms with van der Waals surface area (Å²) in [6.45, 7) is 4.41. The Hall–Kier alpha value is -1.58. The van der Waals surface area contributed by atoms with Gasteiger partial charge in [-0.15, -0.1) is 0 Å². The van der Waals surface area contributed by atoms with Crippen LogP contribution in [0.1, 0.15) is 31.9 Å².